The first-order valence-electron chi connectivity index (χ1n) is 6.15. The normalized spacial score (nSPS) is 15.7. The summed E-state index contributed by atoms with van der Waals surface area (Å²) in [6, 6.07) is 6.43. The number of benzene rings is 1. The maximum atomic E-state index is 12.1. The van der Waals surface area contributed by atoms with Crippen LogP contribution in [-0.2, 0) is 20.7 Å². The molecule has 1 aromatic rings. The van der Waals surface area contributed by atoms with Crippen LogP contribution in [0.2, 0.25) is 0 Å². The van der Waals surface area contributed by atoms with Gasteiger partial charge in [0.25, 0.3) is 5.91 Å². The van der Waals surface area contributed by atoms with E-state index < -0.39 is 12.0 Å². The van der Waals surface area contributed by atoms with Gasteiger partial charge >= 0.3 is 5.97 Å². The highest BCUT2D eigenvalue weighted by Crippen LogP contribution is 2.21. The minimum atomic E-state index is -1.05. The van der Waals surface area contributed by atoms with Crippen LogP contribution in [0.15, 0.2) is 35.9 Å². The molecule has 0 fully saturated rings. The van der Waals surface area contributed by atoms with Crippen molar-refractivity contribution in [2.75, 3.05) is 11.9 Å². The van der Waals surface area contributed by atoms with Gasteiger partial charge in [-0.05, 0) is 25.0 Å². The van der Waals surface area contributed by atoms with Crippen molar-refractivity contribution in [1.29, 1.82) is 0 Å². The van der Waals surface area contributed by atoms with Gasteiger partial charge in [0.05, 0.1) is 6.61 Å². The van der Waals surface area contributed by atoms with E-state index in [9.17, 15) is 9.59 Å². The first kappa shape index (κ1) is 13.3. The second-order valence-electron chi connectivity index (χ2n) is 4.20. The summed E-state index contributed by atoms with van der Waals surface area (Å²) in [5, 5.41) is 2.76. The number of ether oxygens (including phenoxy) is 1. The van der Waals surface area contributed by atoms with Gasteiger partial charge in [-0.3, -0.25) is 4.79 Å². The summed E-state index contributed by atoms with van der Waals surface area (Å²) >= 11 is 0. The topological polar surface area (TPSA) is 81.4 Å². The highest BCUT2D eigenvalue weighted by molar-refractivity contribution is 6.09. The van der Waals surface area contributed by atoms with E-state index in [1.54, 1.807) is 13.0 Å². The van der Waals surface area contributed by atoms with Crippen LogP contribution in [0.1, 0.15) is 12.5 Å². The maximum absolute atomic E-state index is 12.1. The van der Waals surface area contributed by atoms with Gasteiger partial charge in [0.15, 0.2) is 0 Å². The molecule has 2 rings (SSSR count). The van der Waals surface area contributed by atoms with E-state index in [1.807, 2.05) is 24.3 Å². The molecular weight excluding hydrogens is 244 g/mol. The molecule has 1 atom stereocenters. The zero-order valence-electron chi connectivity index (χ0n) is 10.7. The summed E-state index contributed by atoms with van der Waals surface area (Å²) in [5.41, 5.74) is 7.75. The summed E-state index contributed by atoms with van der Waals surface area (Å²) in [7, 11) is 0. The van der Waals surface area contributed by atoms with Crippen molar-refractivity contribution >= 4 is 17.6 Å². The first-order valence-corrected chi connectivity index (χ1v) is 6.15. The molecule has 0 saturated heterocycles. The highest BCUT2D eigenvalue weighted by Gasteiger charge is 2.27. The fraction of sp³-hybridized carbons (Fsp3) is 0.286. The number of hydrogen-bond acceptors (Lipinski definition) is 4. The molecule has 0 radical (unpaired) electrons. The van der Waals surface area contributed by atoms with Crippen molar-refractivity contribution in [3.8, 4) is 0 Å². The van der Waals surface area contributed by atoms with Crippen molar-refractivity contribution in [2.45, 2.75) is 19.4 Å². The molecule has 1 aliphatic rings. The molecule has 1 unspecified atom stereocenters. The van der Waals surface area contributed by atoms with Gasteiger partial charge in [0.1, 0.15) is 6.04 Å². The van der Waals surface area contributed by atoms with Crippen molar-refractivity contribution < 1.29 is 14.3 Å². The monoisotopic (exact) mass is 260 g/mol. The third kappa shape index (κ3) is 2.82. The fourth-order valence-corrected chi connectivity index (χ4v) is 1.95. The van der Waals surface area contributed by atoms with E-state index in [2.05, 4.69) is 5.32 Å². The van der Waals surface area contributed by atoms with Crippen molar-refractivity contribution in [1.82, 2.24) is 0 Å². The van der Waals surface area contributed by atoms with Gasteiger partial charge in [-0.2, -0.15) is 0 Å². The van der Waals surface area contributed by atoms with Crippen molar-refractivity contribution in [3.63, 3.8) is 0 Å². The lowest BCUT2D eigenvalue weighted by atomic mass is 10.1. The minimum absolute atomic E-state index is 0.238. The Bertz CT molecular complexity index is 537. The van der Waals surface area contributed by atoms with Crippen LogP contribution in [0.4, 0.5) is 5.69 Å². The molecule has 1 aliphatic heterocycles. The standard InChI is InChI=1S/C14H16N2O3/c1-2-19-14(18)12(15)10-8-7-9-5-3-4-6-11(9)16-13(10)17/h3-6,8,12H,2,7,15H2,1H3,(H,16,17). The molecule has 3 N–H and O–H groups in total. The average Bonchev–Trinajstić information content (AvgIpc) is 2.56. The van der Waals surface area contributed by atoms with Crippen LogP contribution in [-0.4, -0.2) is 24.5 Å². The molecular formula is C14H16N2O3. The largest absolute Gasteiger partial charge is 0.465 e. The molecule has 1 heterocycles. The van der Waals surface area contributed by atoms with E-state index in [-0.39, 0.29) is 18.1 Å². The second kappa shape index (κ2) is 5.67. The number of amides is 1. The Morgan fingerprint density at radius 1 is 1.47 bits per heavy atom. The number of para-hydroxylation sites is 1. The lowest BCUT2D eigenvalue weighted by Gasteiger charge is -2.13. The predicted molar refractivity (Wildman–Crippen MR) is 71.5 cm³/mol. The van der Waals surface area contributed by atoms with Crippen molar-refractivity contribution in [3.05, 3.63) is 41.5 Å². The van der Waals surface area contributed by atoms with Gasteiger partial charge in [0.2, 0.25) is 0 Å². The predicted octanol–water partition coefficient (Wildman–Crippen LogP) is 0.998. The molecule has 1 amide bonds. The van der Waals surface area contributed by atoms with E-state index in [0.717, 1.165) is 11.3 Å². The van der Waals surface area contributed by atoms with Crippen LogP contribution in [0.3, 0.4) is 0 Å². The number of rotatable bonds is 3. The second-order valence-corrected chi connectivity index (χ2v) is 4.20. The number of anilines is 1. The summed E-state index contributed by atoms with van der Waals surface area (Å²) in [4.78, 5) is 23.7. The third-order valence-corrected chi connectivity index (χ3v) is 2.95. The molecule has 5 nitrogen and oxygen atoms in total. The Kier molecular flexibility index (Phi) is 3.97. The Balaban J connectivity index is 2.23. The van der Waals surface area contributed by atoms with Gasteiger partial charge < -0.3 is 15.8 Å². The number of fused-ring (bicyclic) bond motifs is 1. The maximum Gasteiger partial charge on any atom is 0.327 e. The van der Waals surface area contributed by atoms with E-state index in [1.165, 1.54) is 0 Å². The van der Waals surface area contributed by atoms with Gasteiger partial charge in [-0.1, -0.05) is 24.3 Å². The third-order valence-electron chi connectivity index (χ3n) is 2.95. The molecule has 5 heteroatoms. The van der Waals surface area contributed by atoms with Crippen LogP contribution >= 0.6 is 0 Å². The Morgan fingerprint density at radius 3 is 2.95 bits per heavy atom. The molecule has 1 aromatic carbocycles. The number of nitrogens with one attached hydrogen (secondary N) is 1. The number of nitrogens with two attached hydrogens (primary N) is 1. The van der Waals surface area contributed by atoms with Crippen LogP contribution in [0.5, 0.6) is 0 Å². The SMILES string of the molecule is CCOC(=O)C(N)C1=CCc2ccccc2NC1=O. The van der Waals surface area contributed by atoms with E-state index in [4.69, 9.17) is 10.5 Å². The lowest BCUT2D eigenvalue weighted by Crippen LogP contribution is -2.38. The van der Waals surface area contributed by atoms with Crippen LogP contribution < -0.4 is 11.1 Å². The number of esters is 1. The van der Waals surface area contributed by atoms with Gasteiger partial charge in [-0.25, -0.2) is 4.79 Å². The summed E-state index contributed by atoms with van der Waals surface area (Å²) in [5.74, 6) is -0.944. The summed E-state index contributed by atoms with van der Waals surface area (Å²) < 4.78 is 4.84. The lowest BCUT2D eigenvalue weighted by molar-refractivity contribution is -0.144. The molecule has 0 aromatic heterocycles. The molecule has 100 valence electrons. The summed E-state index contributed by atoms with van der Waals surface area (Å²) in [6.07, 6.45) is 2.24. The minimum Gasteiger partial charge on any atom is -0.465 e. The molecule has 19 heavy (non-hydrogen) atoms. The smallest absolute Gasteiger partial charge is 0.327 e. The Labute approximate surface area is 111 Å². The number of carbonyl (C=O) groups is 2. The zero-order valence-corrected chi connectivity index (χ0v) is 10.7. The fourth-order valence-electron chi connectivity index (χ4n) is 1.95. The number of carbonyl (C=O) groups excluding carboxylic acids is 2. The molecule has 0 aliphatic carbocycles. The quantitative estimate of drug-likeness (QED) is 0.794. The molecule has 0 saturated carbocycles. The zero-order chi connectivity index (χ0) is 13.8. The van der Waals surface area contributed by atoms with E-state index in [0.29, 0.717) is 6.42 Å². The number of hydrogen-bond donors (Lipinski definition) is 2. The molecule has 0 bridgehead atoms. The van der Waals surface area contributed by atoms with Gasteiger partial charge in [0, 0.05) is 11.3 Å². The highest BCUT2D eigenvalue weighted by atomic mass is 16.5. The van der Waals surface area contributed by atoms with Gasteiger partial charge in [-0.15, -0.1) is 0 Å². The number of allylic oxidation sites excluding steroid dienone is 1. The average molecular weight is 260 g/mol. The van der Waals surface area contributed by atoms with Crippen LogP contribution in [0.25, 0.3) is 0 Å². The molecule has 0 spiro atoms. The first-order chi connectivity index (χ1) is 9.13. The van der Waals surface area contributed by atoms with Crippen molar-refractivity contribution in [2.24, 2.45) is 5.73 Å². The Hall–Kier alpha value is -2.14. The van der Waals surface area contributed by atoms with E-state index >= 15 is 0 Å². The summed E-state index contributed by atoms with van der Waals surface area (Å²) in [6.45, 7) is 1.93. The Morgan fingerprint density at radius 2 is 2.21 bits per heavy atom. The van der Waals surface area contributed by atoms with Crippen LogP contribution in [0, 0.1) is 0 Å².